The van der Waals surface area contributed by atoms with Gasteiger partial charge in [0.15, 0.2) is 0 Å². The van der Waals surface area contributed by atoms with Crippen LogP contribution in [0.25, 0.3) is 5.69 Å². The average molecular weight is 325 g/mol. The normalized spacial score (nSPS) is 10.3. The lowest BCUT2D eigenvalue weighted by Crippen LogP contribution is -2.11. The van der Waals surface area contributed by atoms with Crippen LogP contribution >= 0.6 is 11.8 Å². The standard InChI is InChI=1S/C17H15N3O2S/c1-22-17(21)18-13-6-5-7-14(12-13)20-11-10-16(19-20)23-15-8-3-2-4-9-15/h2-12H,1H3,(H,18,21). The van der Waals surface area contributed by atoms with E-state index in [1.807, 2.05) is 60.8 Å². The van der Waals surface area contributed by atoms with Crippen molar-refractivity contribution in [1.29, 1.82) is 0 Å². The first-order valence-electron chi connectivity index (χ1n) is 6.98. The van der Waals surface area contributed by atoms with E-state index in [2.05, 4.69) is 15.2 Å². The maximum absolute atomic E-state index is 11.3. The molecule has 1 amide bonds. The van der Waals surface area contributed by atoms with Gasteiger partial charge in [0.1, 0.15) is 5.03 Å². The second-order valence-corrected chi connectivity index (χ2v) is 5.77. The molecule has 0 spiro atoms. The first kappa shape index (κ1) is 15.2. The molecule has 23 heavy (non-hydrogen) atoms. The number of methoxy groups -OCH3 is 1. The van der Waals surface area contributed by atoms with Gasteiger partial charge in [-0.15, -0.1) is 0 Å². The molecule has 0 unspecified atom stereocenters. The molecular formula is C17H15N3O2S. The highest BCUT2D eigenvalue weighted by Crippen LogP contribution is 2.26. The van der Waals surface area contributed by atoms with Crippen molar-refractivity contribution in [3.63, 3.8) is 0 Å². The van der Waals surface area contributed by atoms with E-state index in [-0.39, 0.29) is 0 Å². The van der Waals surface area contributed by atoms with Crippen LogP contribution in [0.3, 0.4) is 0 Å². The van der Waals surface area contributed by atoms with Gasteiger partial charge < -0.3 is 4.74 Å². The van der Waals surface area contributed by atoms with Crippen molar-refractivity contribution in [2.24, 2.45) is 0 Å². The van der Waals surface area contributed by atoms with Crippen LogP contribution in [-0.4, -0.2) is 23.0 Å². The summed E-state index contributed by atoms with van der Waals surface area (Å²) in [7, 11) is 1.33. The van der Waals surface area contributed by atoms with E-state index in [1.165, 1.54) is 7.11 Å². The van der Waals surface area contributed by atoms with Crippen molar-refractivity contribution in [1.82, 2.24) is 9.78 Å². The zero-order valence-corrected chi connectivity index (χ0v) is 13.3. The fraction of sp³-hybridized carbons (Fsp3) is 0.0588. The van der Waals surface area contributed by atoms with Crippen LogP contribution in [0, 0.1) is 0 Å². The summed E-state index contributed by atoms with van der Waals surface area (Å²) in [5, 5.41) is 8.10. The Morgan fingerprint density at radius 2 is 1.96 bits per heavy atom. The molecule has 6 heteroatoms. The monoisotopic (exact) mass is 325 g/mol. The SMILES string of the molecule is COC(=O)Nc1cccc(-n2ccc(Sc3ccccc3)n2)c1. The van der Waals surface area contributed by atoms with Crippen molar-refractivity contribution in [3.8, 4) is 5.69 Å². The molecule has 0 saturated heterocycles. The maximum atomic E-state index is 11.3. The smallest absolute Gasteiger partial charge is 0.411 e. The van der Waals surface area contributed by atoms with Crippen LogP contribution < -0.4 is 5.32 Å². The third-order valence-electron chi connectivity index (χ3n) is 3.07. The van der Waals surface area contributed by atoms with Crippen LogP contribution in [-0.2, 0) is 4.74 Å². The molecule has 3 rings (SSSR count). The van der Waals surface area contributed by atoms with Crippen LogP contribution in [0.15, 0.2) is 76.8 Å². The Labute approximate surface area is 138 Å². The number of hydrogen-bond acceptors (Lipinski definition) is 4. The minimum atomic E-state index is -0.497. The molecule has 0 radical (unpaired) electrons. The molecule has 1 heterocycles. The Bertz CT molecular complexity index is 802. The quantitative estimate of drug-likeness (QED) is 0.781. The van der Waals surface area contributed by atoms with Gasteiger partial charge in [-0.2, -0.15) is 5.10 Å². The lowest BCUT2D eigenvalue weighted by atomic mass is 10.3. The number of benzene rings is 2. The molecule has 0 aliphatic rings. The van der Waals surface area contributed by atoms with Gasteiger partial charge in [0.25, 0.3) is 0 Å². The van der Waals surface area contributed by atoms with Gasteiger partial charge in [0, 0.05) is 16.8 Å². The minimum Gasteiger partial charge on any atom is -0.453 e. The number of amides is 1. The summed E-state index contributed by atoms with van der Waals surface area (Å²) in [6.07, 6.45) is 1.39. The Balaban J connectivity index is 1.77. The highest BCUT2D eigenvalue weighted by atomic mass is 32.2. The van der Waals surface area contributed by atoms with E-state index in [4.69, 9.17) is 0 Å². The molecule has 2 aromatic carbocycles. The average Bonchev–Trinajstić information content (AvgIpc) is 3.04. The summed E-state index contributed by atoms with van der Waals surface area (Å²) >= 11 is 1.60. The van der Waals surface area contributed by atoms with E-state index in [9.17, 15) is 4.79 Å². The molecule has 0 atom stereocenters. The lowest BCUT2D eigenvalue weighted by molar-refractivity contribution is 0.187. The van der Waals surface area contributed by atoms with E-state index >= 15 is 0 Å². The molecule has 3 aromatic rings. The Morgan fingerprint density at radius 3 is 2.74 bits per heavy atom. The molecule has 0 bridgehead atoms. The van der Waals surface area contributed by atoms with Crippen LogP contribution in [0.4, 0.5) is 10.5 Å². The van der Waals surface area contributed by atoms with E-state index in [1.54, 1.807) is 22.5 Å². The fourth-order valence-electron chi connectivity index (χ4n) is 2.01. The Morgan fingerprint density at radius 1 is 1.13 bits per heavy atom. The van der Waals surface area contributed by atoms with Gasteiger partial charge in [-0.05, 0) is 36.4 Å². The highest BCUT2D eigenvalue weighted by Gasteiger charge is 2.05. The third-order valence-corrected chi connectivity index (χ3v) is 4.01. The summed E-state index contributed by atoms with van der Waals surface area (Å²) in [6.45, 7) is 0. The predicted molar refractivity (Wildman–Crippen MR) is 90.2 cm³/mol. The molecule has 5 nitrogen and oxygen atoms in total. The van der Waals surface area contributed by atoms with Crippen LogP contribution in [0.2, 0.25) is 0 Å². The number of carbonyl (C=O) groups is 1. The van der Waals surface area contributed by atoms with E-state index in [0.717, 1.165) is 15.6 Å². The van der Waals surface area contributed by atoms with Crippen molar-refractivity contribution >= 4 is 23.5 Å². The number of aromatic nitrogens is 2. The Hall–Kier alpha value is -2.73. The third kappa shape index (κ3) is 3.92. The number of nitrogens with zero attached hydrogens (tertiary/aromatic N) is 2. The number of anilines is 1. The number of rotatable bonds is 4. The van der Waals surface area contributed by atoms with Crippen molar-refractivity contribution in [2.75, 3.05) is 12.4 Å². The summed E-state index contributed by atoms with van der Waals surface area (Å²) in [5.74, 6) is 0. The van der Waals surface area contributed by atoms with Gasteiger partial charge in [0.2, 0.25) is 0 Å². The molecule has 116 valence electrons. The highest BCUT2D eigenvalue weighted by molar-refractivity contribution is 7.99. The second kappa shape index (κ2) is 7.02. The lowest BCUT2D eigenvalue weighted by Gasteiger charge is -2.06. The first-order valence-corrected chi connectivity index (χ1v) is 7.80. The number of carbonyl (C=O) groups excluding carboxylic acids is 1. The fourth-order valence-corrected chi connectivity index (χ4v) is 2.80. The Kier molecular flexibility index (Phi) is 4.63. The molecule has 0 fully saturated rings. The molecule has 0 aliphatic carbocycles. The van der Waals surface area contributed by atoms with E-state index < -0.39 is 6.09 Å². The van der Waals surface area contributed by atoms with Gasteiger partial charge in [-0.1, -0.05) is 36.0 Å². The van der Waals surface area contributed by atoms with Crippen molar-refractivity contribution in [3.05, 3.63) is 66.9 Å². The van der Waals surface area contributed by atoms with Crippen LogP contribution in [0.5, 0.6) is 0 Å². The van der Waals surface area contributed by atoms with Gasteiger partial charge >= 0.3 is 6.09 Å². The summed E-state index contributed by atoms with van der Waals surface area (Å²) < 4.78 is 6.37. The van der Waals surface area contributed by atoms with Gasteiger partial charge in [0.05, 0.1) is 12.8 Å². The predicted octanol–water partition coefficient (Wildman–Crippen LogP) is 4.20. The number of hydrogen-bond donors (Lipinski definition) is 1. The van der Waals surface area contributed by atoms with Crippen molar-refractivity contribution < 1.29 is 9.53 Å². The van der Waals surface area contributed by atoms with Crippen molar-refractivity contribution in [2.45, 2.75) is 9.92 Å². The summed E-state index contributed by atoms with van der Waals surface area (Å²) in [4.78, 5) is 12.4. The zero-order chi connectivity index (χ0) is 16.1. The maximum Gasteiger partial charge on any atom is 0.411 e. The summed E-state index contributed by atoms with van der Waals surface area (Å²) in [5.41, 5.74) is 1.51. The van der Waals surface area contributed by atoms with Crippen LogP contribution in [0.1, 0.15) is 0 Å². The molecule has 1 N–H and O–H groups in total. The largest absolute Gasteiger partial charge is 0.453 e. The molecule has 0 aliphatic heterocycles. The number of nitrogens with one attached hydrogen (secondary N) is 1. The second-order valence-electron chi connectivity index (χ2n) is 4.68. The van der Waals surface area contributed by atoms with Gasteiger partial charge in [-0.3, -0.25) is 5.32 Å². The van der Waals surface area contributed by atoms with E-state index in [0.29, 0.717) is 5.69 Å². The molecular weight excluding hydrogens is 310 g/mol. The zero-order valence-electron chi connectivity index (χ0n) is 12.5. The minimum absolute atomic E-state index is 0.497. The topological polar surface area (TPSA) is 56.1 Å². The molecule has 0 saturated carbocycles. The van der Waals surface area contributed by atoms with Gasteiger partial charge in [-0.25, -0.2) is 9.48 Å². The summed E-state index contributed by atoms with van der Waals surface area (Å²) in [6, 6.07) is 19.4. The first-order chi connectivity index (χ1) is 11.2. The molecule has 1 aromatic heterocycles. The number of ether oxygens (including phenoxy) is 1.